The van der Waals surface area contributed by atoms with Crippen molar-refractivity contribution in [2.45, 2.75) is 0 Å². The molecule has 0 spiro atoms. The number of rotatable bonds is 6. The molecule has 11 aromatic rings. The van der Waals surface area contributed by atoms with Gasteiger partial charge >= 0.3 is 0 Å². The molecule has 0 radical (unpaired) electrons. The van der Waals surface area contributed by atoms with Crippen LogP contribution in [0, 0.1) is 0 Å². The smallest absolute Gasteiger partial charge is 0.227 e. The molecule has 0 aliphatic heterocycles. The van der Waals surface area contributed by atoms with E-state index in [9.17, 15) is 0 Å². The van der Waals surface area contributed by atoms with Crippen LogP contribution in [0.1, 0.15) is 0 Å². The van der Waals surface area contributed by atoms with Crippen LogP contribution in [0.25, 0.3) is 86.5 Å². The molecule has 0 fully saturated rings. The Morgan fingerprint density at radius 3 is 1.82 bits per heavy atom. The number of hydrogen-bond acceptors (Lipinski definition) is 4. The van der Waals surface area contributed by atoms with Crippen LogP contribution in [-0.4, -0.2) is 4.98 Å². The molecule has 0 atom stereocenters. The summed E-state index contributed by atoms with van der Waals surface area (Å²) in [5.41, 5.74) is 10.8. The van der Waals surface area contributed by atoms with E-state index in [1.165, 1.54) is 64.0 Å². The topological polar surface area (TPSA) is 29.3 Å². The van der Waals surface area contributed by atoms with Gasteiger partial charge in [-0.2, -0.15) is 0 Å². The van der Waals surface area contributed by atoms with Gasteiger partial charge < -0.3 is 9.32 Å². The number of benzene rings is 9. The Kier molecular flexibility index (Phi) is 7.35. The van der Waals surface area contributed by atoms with Crippen molar-refractivity contribution in [3.05, 3.63) is 194 Å². The number of oxazole rings is 1. The zero-order valence-electron chi connectivity index (χ0n) is 29.7. The Hall–Kier alpha value is -7.01. The third-order valence-corrected chi connectivity index (χ3v) is 11.9. The Morgan fingerprint density at radius 2 is 1.05 bits per heavy atom. The standard InChI is InChI=1S/C51H32N2OS/c1-2-14-36(15-3-1)51-52-46-32-49-45(31-48(46)54-51)44-24-11-25-47(50(44)55-49)53(38-28-26-35(27-29-38)42-22-9-16-33-12-4-6-20-40(33)42)39-19-8-18-37(30-39)43-23-10-17-34-13-5-7-21-41(34)43/h1-32H. The molecule has 0 aliphatic carbocycles. The molecule has 0 amide bonds. The zero-order valence-corrected chi connectivity index (χ0v) is 30.5. The van der Waals surface area contributed by atoms with E-state index in [1.54, 1.807) is 11.3 Å². The Bertz CT molecular complexity index is 3200. The second-order valence-electron chi connectivity index (χ2n) is 13.9. The molecule has 2 aromatic heterocycles. The van der Waals surface area contributed by atoms with Crippen molar-refractivity contribution in [1.29, 1.82) is 0 Å². The zero-order chi connectivity index (χ0) is 36.3. The second-order valence-corrected chi connectivity index (χ2v) is 15.0. The van der Waals surface area contributed by atoms with Crippen LogP contribution in [0.5, 0.6) is 0 Å². The van der Waals surface area contributed by atoms with E-state index in [2.05, 4.69) is 169 Å². The quantitative estimate of drug-likeness (QED) is 0.171. The number of aromatic nitrogens is 1. The van der Waals surface area contributed by atoms with Gasteiger partial charge in [0.2, 0.25) is 5.89 Å². The highest BCUT2D eigenvalue weighted by molar-refractivity contribution is 7.26. The Morgan fingerprint density at radius 1 is 0.436 bits per heavy atom. The number of thiophene rings is 1. The summed E-state index contributed by atoms with van der Waals surface area (Å²) in [7, 11) is 0. The molecule has 2 heterocycles. The molecular formula is C51H32N2OS. The summed E-state index contributed by atoms with van der Waals surface area (Å²) in [4.78, 5) is 7.31. The minimum Gasteiger partial charge on any atom is -0.436 e. The first-order valence-electron chi connectivity index (χ1n) is 18.5. The van der Waals surface area contributed by atoms with Crippen LogP contribution in [-0.2, 0) is 0 Å². The van der Waals surface area contributed by atoms with Gasteiger partial charge in [-0.05, 0) is 98.4 Å². The van der Waals surface area contributed by atoms with Crippen molar-refractivity contribution in [3.63, 3.8) is 0 Å². The van der Waals surface area contributed by atoms with E-state index in [0.717, 1.165) is 33.7 Å². The molecule has 55 heavy (non-hydrogen) atoms. The van der Waals surface area contributed by atoms with Crippen molar-refractivity contribution < 1.29 is 4.42 Å². The summed E-state index contributed by atoms with van der Waals surface area (Å²) in [6.45, 7) is 0. The van der Waals surface area contributed by atoms with Crippen LogP contribution < -0.4 is 4.90 Å². The fraction of sp³-hybridized carbons (Fsp3) is 0. The SMILES string of the molecule is c1ccc(-c2nc3cc4sc5c(N(c6ccc(-c7cccc8ccccc78)cc6)c6cccc(-c7cccc8ccccc78)c6)cccc5c4cc3o2)cc1. The fourth-order valence-corrected chi connectivity index (χ4v) is 9.29. The minimum atomic E-state index is 0.641. The van der Waals surface area contributed by atoms with Gasteiger partial charge in [0, 0.05) is 32.4 Å². The molecule has 0 aliphatic rings. The number of hydrogen-bond donors (Lipinski definition) is 0. The summed E-state index contributed by atoms with van der Waals surface area (Å²) in [5.74, 6) is 0.641. The van der Waals surface area contributed by atoms with Gasteiger partial charge in [-0.25, -0.2) is 4.98 Å². The summed E-state index contributed by atoms with van der Waals surface area (Å²) in [6, 6.07) is 69.4. The largest absolute Gasteiger partial charge is 0.436 e. The Balaban J connectivity index is 1.09. The summed E-state index contributed by atoms with van der Waals surface area (Å²) in [6.07, 6.45) is 0. The van der Waals surface area contributed by atoms with Gasteiger partial charge in [0.05, 0.1) is 10.4 Å². The third kappa shape index (κ3) is 5.38. The van der Waals surface area contributed by atoms with Gasteiger partial charge in [-0.3, -0.25) is 0 Å². The van der Waals surface area contributed by atoms with E-state index in [-0.39, 0.29) is 0 Å². The normalized spacial score (nSPS) is 11.6. The van der Waals surface area contributed by atoms with Crippen LogP contribution in [0.4, 0.5) is 17.1 Å². The van der Waals surface area contributed by atoms with E-state index < -0.39 is 0 Å². The second kappa shape index (κ2) is 12.8. The first-order valence-corrected chi connectivity index (χ1v) is 19.3. The molecule has 0 saturated heterocycles. The molecule has 0 bridgehead atoms. The number of fused-ring (bicyclic) bond motifs is 6. The summed E-state index contributed by atoms with van der Waals surface area (Å²) < 4.78 is 8.73. The lowest BCUT2D eigenvalue weighted by Gasteiger charge is -2.27. The highest BCUT2D eigenvalue weighted by Gasteiger charge is 2.20. The maximum absolute atomic E-state index is 6.34. The third-order valence-electron chi connectivity index (χ3n) is 10.7. The summed E-state index contributed by atoms with van der Waals surface area (Å²) in [5, 5.41) is 7.33. The first-order chi connectivity index (χ1) is 27.2. The summed E-state index contributed by atoms with van der Waals surface area (Å²) >= 11 is 1.81. The highest BCUT2D eigenvalue weighted by Crippen LogP contribution is 2.47. The minimum absolute atomic E-state index is 0.641. The first kappa shape index (κ1) is 31.5. The highest BCUT2D eigenvalue weighted by atomic mass is 32.1. The van der Waals surface area contributed by atoms with Gasteiger partial charge in [0.15, 0.2) is 5.58 Å². The lowest BCUT2D eigenvalue weighted by Crippen LogP contribution is -2.10. The molecule has 258 valence electrons. The van der Waals surface area contributed by atoms with Crippen molar-refractivity contribution in [3.8, 4) is 33.7 Å². The van der Waals surface area contributed by atoms with Crippen LogP contribution in [0.2, 0.25) is 0 Å². The van der Waals surface area contributed by atoms with E-state index in [1.807, 2.05) is 30.3 Å². The van der Waals surface area contributed by atoms with E-state index >= 15 is 0 Å². The van der Waals surface area contributed by atoms with Crippen LogP contribution in [0.3, 0.4) is 0 Å². The maximum atomic E-state index is 6.34. The molecular weight excluding hydrogens is 689 g/mol. The van der Waals surface area contributed by atoms with Gasteiger partial charge in [0.25, 0.3) is 0 Å². The maximum Gasteiger partial charge on any atom is 0.227 e. The lowest BCUT2D eigenvalue weighted by atomic mass is 9.97. The molecule has 4 heteroatoms. The molecule has 0 N–H and O–H groups in total. The van der Waals surface area contributed by atoms with Crippen LogP contribution in [0.15, 0.2) is 199 Å². The average Bonchev–Trinajstić information content (AvgIpc) is 3.84. The van der Waals surface area contributed by atoms with Crippen molar-refractivity contribution in [1.82, 2.24) is 4.98 Å². The van der Waals surface area contributed by atoms with Gasteiger partial charge in [-0.1, -0.05) is 140 Å². The number of nitrogens with zero attached hydrogens (tertiary/aromatic N) is 2. The van der Waals surface area contributed by atoms with Crippen molar-refractivity contribution in [2.75, 3.05) is 4.90 Å². The lowest BCUT2D eigenvalue weighted by molar-refractivity contribution is 0.620. The van der Waals surface area contributed by atoms with Crippen molar-refractivity contribution in [2.24, 2.45) is 0 Å². The predicted molar refractivity (Wildman–Crippen MR) is 233 cm³/mol. The molecule has 11 rings (SSSR count). The monoisotopic (exact) mass is 720 g/mol. The van der Waals surface area contributed by atoms with E-state index in [0.29, 0.717) is 5.89 Å². The van der Waals surface area contributed by atoms with Gasteiger partial charge in [-0.15, -0.1) is 11.3 Å². The molecule has 3 nitrogen and oxygen atoms in total. The van der Waals surface area contributed by atoms with Crippen LogP contribution >= 0.6 is 11.3 Å². The average molecular weight is 721 g/mol. The molecule has 9 aromatic carbocycles. The van der Waals surface area contributed by atoms with Gasteiger partial charge in [0.1, 0.15) is 5.52 Å². The molecule has 0 unspecified atom stereocenters. The van der Waals surface area contributed by atoms with E-state index in [4.69, 9.17) is 9.40 Å². The predicted octanol–water partition coefficient (Wildman–Crippen LogP) is 15.0. The number of anilines is 3. The van der Waals surface area contributed by atoms with Crippen molar-refractivity contribution >= 4 is 81.2 Å². The Labute approximate surface area is 322 Å². The fourth-order valence-electron chi connectivity index (χ4n) is 8.07. The molecule has 0 saturated carbocycles.